The van der Waals surface area contributed by atoms with E-state index in [1.807, 2.05) is 18.2 Å². The fourth-order valence-electron chi connectivity index (χ4n) is 1.05. The van der Waals surface area contributed by atoms with Crippen LogP contribution in [0.3, 0.4) is 0 Å². The second kappa shape index (κ2) is 5.01. The summed E-state index contributed by atoms with van der Waals surface area (Å²) in [6.45, 7) is 0.337. The summed E-state index contributed by atoms with van der Waals surface area (Å²) in [6.07, 6.45) is 5.14. The van der Waals surface area contributed by atoms with Gasteiger partial charge in [0.25, 0.3) is 5.91 Å². The molecule has 0 N–H and O–H groups in total. The molecule has 0 aliphatic carbocycles. The van der Waals surface area contributed by atoms with Crippen LogP contribution in [0.5, 0.6) is 0 Å². The van der Waals surface area contributed by atoms with Gasteiger partial charge >= 0.3 is 0 Å². The van der Waals surface area contributed by atoms with Gasteiger partial charge in [-0.15, -0.1) is 6.42 Å². The number of halogens is 1. The van der Waals surface area contributed by atoms with Crippen LogP contribution in [-0.2, 0) is 0 Å². The zero-order valence-electron chi connectivity index (χ0n) is 7.83. The normalized spacial score (nSPS) is 9.21. The van der Waals surface area contributed by atoms with Crippen molar-refractivity contribution in [1.29, 1.82) is 0 Å². The number of rotatable bonds is 2. The van der Waals surface area contributed by atoms with Gasteiger partial charge < -0.3 is 4.90 Å². The topological polar surface area (TPSA) is 20.3 Å². The molecule has 3 heteroatoms. The lowest BCUT2D eigenvalue weighted by atomic mass is 10.2. The summed E-state index contributed by atoms with van der Waals surface area (Å²) in [5, 5.41) is 0. The summed E-state index contributed by atoms with van der Waals surface area (Å²) in [6, 6.07) is 7.45. The molecular weight excluding hydrogens is 289 g/mol. The molecule has 14 heavy (non-hydrogen) atoms. The molecule has 0 saturated heterocycles. The van der Waals surface area contributed by atoms with Crippen molar-refractivity contribution in [3.05, 3.63) is 33.4 Å². The monoisotopic (exact) mass is 299 g/mol. The van der Waals surface area contributed by atoms with Crippen molar-refractivity contribution >= 4 is 28.5 Å². The molecule has 0 aliphatic heterocycles. The van der Waals surface area contributed by atoms with Crippen LogP contribution >= 0.6 is 22.6 Å². The number of carbonyl (C=O) groups is 1. The molecule has 0 radical (unpaired) electrons. The first-order chi connectivity index (χ1) is 6.66. The summed E-state index contributed by atoms with van der Waals surface area (Å²) >= 11 is 2.14. The van der Waals surface area contributed by atoms with E-state index in [0.29, 0.717) is 12.1 Å². The molecule has 0 bridgehead atoms. The van der Waals surface area contributed by atoms with E-state index in [9.17, 15) is 4.79 Å². The molecule has 0 saturated carbocycles. The molecule has 1 amide bonds. The highest BCUT2D eigenvalue weighted by Crippen LogP contribution is 2.12. The van der Waals surface area contributed by atoms with Gasteiger partial charge in [-0.2, -0.15) is 0 Å². The number of nitrogens with zero attached hydrogens (tertiary/aromatic N) is 1. The minimum atomic E-state index is -0.0343. The number of hydrogen-bond acceptors (Lipinski definition) is 1. The van der Waals surface area contributed by atoms with Gasteiger partial charge in [0, 0.05) is 10.6 Å². The quantitative estimate of drug-likeness (QED) is 0.604. The average molecular weight is 299 g/mol. The third kappa shape index (κ3) is 2.48. The van der Waals surface area contributed by atoms with E-state index in [2.05, 4.69) is 28.5 Å². The van der Waals surface area contributed by atoms with Gasteiger partial charge in [-0.3, -0.25) is 4.79 Å². The maximum atomic E-state index is 11.8. The van der Waals surface area contributed by atoms with Crippen molar-refractivity contribution in [1.82, 2.24) is 4.90 Å². The lowest BCUT2D eigenvalue weighted by Gasteiger charge is -2.14. The average Bonchev–Trinajstić information content (AvgIpc) is 2.18. The predicted molar refractivity (Wildman–Crippen MR) is 65.0 cm³/mol. The summed E-state index contributed by atoms with van der Waals surface area (Å²) in [5.41, 5.74) is 0.700. The number of terminal acetylenes is 1. The van der Waals surface area contributed by atoms with Crippen LogP contribution in [0.15, 0.2) is 24.3 Å². The van der Waals surface area contributed by atoms with Crippen molar-refractivity contribution in [2.45, 2.75) is 0 Å². The van der Waals surface area contributed by atoms with Gasteiger partial charge in [0.05, 0.1) is 12.1 Å². The Bertz CT molecular complexity index is 381. The maximum absolute atomic E-state index is 11.8. The van der Waals surface area contributed by atoms with E-state index in [0.717, 1.165) is 3.57 Å². The molecule has 1 rings (SSSR count). The first-order valence-corrected chi connectivity index (χ1v) is 5.18. The van der Waals surface area contributed by atoms with Crippen LogP contribution in [0, 0.1) is 15.9 Å². The zero-order valence-corrected chi connectivity index (χ0v) is 9.98. The Morgan fingerprint density at radius 3 is 2.79 bits per heavy atom. The molecule has 2 nitrogen and oxygen atoms in total. The van der Waals surface area contributed by atoms with E-state index in [1.165, 1.54) is 4.90 Å². The summed E-state index contributed by atoms with van der Waals surface area (Å²) in [5.74, 6) is 2.41. The van der Waals surface area contributed by atoms with Crippen LogP contribution in [0.2, 0.25) is 0 Å². The van der Waals surface area contributed by atoms with Gasteiger partial charge in [-0.25, -0.2) is 0 Å². The van der Waals surface area contributed by atoms with E-state index >= 15 is 0 Å². The predicted octanol–water partition coefficient (Wildman–Crippen LogP) is 2.00. The highest BCUT2D eigenvalue weighted by Gasteiger charge is 2.12. The number of carbonyl (C=O) groups excluding carboxylic acids is 1. The third-order valence-corrected chi connectivity index (χ3v) is 2.72. The van der Waals surface area contributed by atoms with Crippen LogP contribution in [0.25, 0.3) is 0 Å². The van der Waals surface area contributed by atoms with E-state index < -0.39 is 0 Å². The van der Waals surface area contributed by atoms with E-state index in [-0.39, 0.29) is 5.91 Å². The molecular formula is C11H10INO. The van der Waals surface area contributed by atoms with Crippen molar-refractivity contribution in [2.24, 2.45) is 0 Å². The summed E-state index contributed by atoms with van der Waals surface area (Å²) in [4.78, 5) is 13.3. The summed E-state index contributed by atoms with van der Waals surface area (Å²) < 4.78 is 0.943. The van der Waals surface area contributed by atoms with E-state index in [1.54, 1.807) is 13.1 Å². The molecule has 0 aliphatic rings. The van der Waals surface area contributed by atoms with Crippen molar-refractivity contribution in [3.8, 4) is 12.3 Å². The standard InChI is InChI=1S/C11H10INO/c1-3-8-13(2)11(14)9-6-4-5-7-10(9)12/h1,4-7H,8H2,2H3. The Balaban J connectivity index is 2.91. The first kappa shape index (κ1) is 11.1. The van der Waals surface area contributed by atoms with Gasteiger partial charge in [-0.05, 0) is 34.7 Å². The molecule has 0 atom stereocenters. The highest BCUT2D eigenvalue weighted by atomic mass is 127. The molecule has 0 unspecified atom stereocenters. The second-order valence-electron chi connectivity index (χ2n) is 2.85. The third-order valence-electron chi connectivity index (χ3n) is 1.78. The molecule has 1 aromatic carbocycles. The highest BCUT2D eigenvalue weighted by molar-refractivity contribution is 14.1. The zero-order chi connectivity index (χ0) is 10.6. The second-order valence-corrected chi connectivity index (χ2v) is 4.01. The lowest BCUT2D eigenvalue weighted by Crippen LogP contribution is -2.27. The number of hydrogen-bond donors (Lipinski definition) is 0. The van der Waals surface area contributed by atoms with Gasteiger partial charge in [0.1, 0.15) is 0 Å². The smallest absolute Gasteiger partial charge is 0.255 e. The first-order valence-electron chi connectivity index (χ1n) is 4.10. The maximum Gasteiger partial charge on any atom is 0.255 e. The Hall–Kier alpha value is -1.02. The molecule has 0 fully saturated rings. The summed E-state index contributed by atoms with van der Waals surface area (Å²) in [7, 11) is 1.70. The van der Waals surface area contributed by atoms with Crippen LogP contribution < -0.4 is 0 Å². The minimum Gasteiger partial charge on any atom is -0.331 e. The Labute approximate surface area is 97.4 Å². The number of amides is 1. The molecule has 1 aromatic rings. The Morgan fingerprint density at radius 2 is 2.21 bits per heavy atom. The Kier molecular flexibility index (Phi) is 3.96. The molecule has 0 heterocycles. The lowest BCUT2D eigenvalue weighted by molar-refractivity contribution is 0.0811. The Morgan fingerprint density at radius 1 is 1.57 bits per heavy atom. The van der Waals surface area contributed by atoms with Crippen LogP contribution in [-0.4, -0.2) is 24.4 Å². The minimum absolute atomic E-state index is 0.0343. The van der Waals surface area contributed by atoms with Gasteiger partial charge in [0.15, 0.2) is 0 Å². The number of benzene rings is 1. The largest absolute Gasteiger partial charge is 0.331 e. The van der Waals surface area contributed by atoms with Crippen molar-refractivity contribution in [2.75, 3.05) is 13.6 Å². The van der Waals surface area contributed by atoms with Crippen molar-refractivity contribution < 1.29 is 4.79 Å². The fraction of sp³-hybridized carbons (Fsp3) is 0.182. The van der Waals surface area contributed by atoms with Gasteiger partial charge in [0.2, 0.25) is 0 Å². The molecule has 0 spiro atoms. The molecule has 72 valence electrons. The van der Waals surface area contributed by atoms with Gasteiger partial charge in [-0.1, -0.05) is 18.1 Å². The SMILES string of the molecule is C#CCN(C)C(=O)c1ccccc1I. The van der Waals surface area contributed by atoms with E-state index in [4.69, 9.17) is 6.42 Å². The van der Waals surface area contributed by atoms with Crippen LogP contribution in [0.1, 0.15) is 10.4 Å². The van der Waals surface area contributed by atoms with Crippen molar-refractivity contribution in [3.63, 3.8) is 0 Å². The fourth-order valence-corrected chi connectivity index (χ4v) is 1.67. The van der Waals surface area contributed by atoms with Crippen LogP contribution in [0.4, 0.5) is 0 Å². The molecule has 0 aromatic heterocycles.